The first kappa shape index (κ1) is 9.66. The Hall–Kier alpha value is -1.55. The Morgan fingerprint density at radius 3 is 2.62 bits per heavy atom. The maximum Gasteiger partial charge on any atom is 0.0699 e. The Balaban J connectivity index is 1.89. The molecule has 80 valence electrons. The molecule has 2 aliphatic carbocycles. The number of hydrogen-bond acceptors (Lipinski definition) is 1. The van der Waals surface area contributed by atoms with Crippen LogP contribution in [0.25, 0.3) is 0 Å². The minimum absolute atomic E-state index is 0.124. The summed E-state index contributed by atoms with van der Waals surface area (Å²) >= 11 is 0. The highest BCUT2D eigenvalue weighted by molar-refractivity contribution is 5.27. The van der Waals surface area contributed by atoms with E-state index in [4.69, 9.17) is 0 Å². The molecule has 1 aromatic rings. The van der Waals surface area contributed by atoms with E-state index in [0.29, 0.717) is 11.8 Å². The molecule has 2 aliphatic rings. The molecule has 0 heterocycles. The highest BCUT2D eigenvalue weighted by Crippen LogP contribution is 2.53. The lowest BCUT2D eigenvalue weighted by Gasteiger charge is -2.28. The summed E-state index contributed by atoms with van der Waals surface area (Å²) in [5, 5.41) is 9.52. The fourth-order valence-corrected chi connectivity index (χ4v) is 3.29. The molecule has 1 aromatic carbocycles. The smallest absolute Gasteiger partial charge is 0.0699 e. The topological polar surface area (TPSA) is 23.8 Å². The molecule has 2 bridgehead atoms. The van der Waals surface area contributed by atoms with E-state index < -0.39 is 0 Å². The van der Waals surface area contributed by atoms with Crippen LogP contribution in [0.3, 0.4) is 0 Å². The van der Waals surface area contributed by atoms with Gasteiger partial charge in [-0.25, -0.2) is 0 Å². The van der Waals surface area contributed by atoms with E-state index in [1.165, 1.54) is 12.0 Å². The largest absolute Gasteiger partial charge is 0.198 e. The van der Waals surface area contributed by atoms with Gasteiger partial charge < -0.3 is 0 Å². The van der Waals surface area contributed by atoms with Gasteiger partial charge in [0.2, 0.25) is 0 Å². The summed E-state index contributed by atoms with van der Waals surface area (Å²) in [4.78, 5) is 0. The molecule has 1 nitrogen and oxygen atoms in total. The van der Waals surface area contributed by atoms with E-state index in [9.17, 15) is 5.26 Å². The van der Waals surface area contributed by atoms with Gasteiger partial charge in [0.1, 0.15) is 0 Å². The van der Waals surface area contributed by atoms with Crippen molar-refractivity contribution in [3.63, 3.8) is 0 Å². The third kappa shape index (κ3) is 1.38. The number of nitriles is 1. The van der Waals surface area contributed by atoms with Crippen molar-refractivity contribution in [1.82, 2.24) is 0 Å². The quantitative estimate of drug-likeness (QED) is 0.685. The number of allylic oxidation sites excluding steroid dienone is 2. The van der Waals surface area contributed by atoms with E-state index in [0.717, 1.165) is 12.8 Å². The summed E-state index contributed by atoms with van der Waals surface area (Å²) in [5.41, 5.74) is 1.17. The summed E-state index contributed by atoms with van der Waals surface area (Å²) in [6.07, 6.45) is 7.72. The van der Waals surface area contributed by atoms with Crippen LogP contribution < -0.4 is 0 Å². The second kappa shape index (κ2) is 3.49. The van der Waals surface area contributed by atoms with Gasteiger partial charge in [-0.2, -0.15) is 5.26 Å². The van der Waals surface area contributed by atoms with Gasteiger partial charge in [-0.3, -0.25) is 0 Å². The number of nitrogens with zero attached hydrogens (tertiary/aromatic N) is 1. The maximum absolute atomic E-state index is 9.52. The average molecular weight is 209 g/mol. The minimum Gasteiger partial charge on any atom is -0.198 e. The third-order valence-corrected chi connectivity index (χ3v) is 4.09. The molecular weight excluding hydrogens is 194 g/mol. The zero-order valence-electron chi connectivity index (χ0n) is 9.26. The van der Waals surface area contributed by atoms with Crippen LogP contribution in [-0.2, 0) is 6.42 Å². The standard InChI is InChI=1S/C15H15N/c16-11-15(9-12-4-2-1-3-5-12)10-13-6-7-14(15)8-13/h1-7,13-14H,8-10H2/t13-,14-,15+/m0/s1. The summed E-state index contributed by atoms with van der Waals surface area (Å²) in [6.45, 7) is 0. The Morgan fingerprint density at radius 2 is 2.06 bits per heavy atom. The number of hydrogen-bond donors (Lipinski definition) is 0. The first-order chi connectivity index (χ1) is 7.82. The molecule has 0 amide bonds. The Kier molecular flexibility index (Phi) is 2.11. The summed E-state index contributed by atoms with van der Waals surface area (Å²) in [6, 6.07) is 13.0. The van der Waals surface area contributed by atoms with Crippen molar-refractivity contribution in [1.29, 1.82) is 5.26 Å². The number of rotatable bonds is 2. The molecule has 1 fully saturated rings. The van der Waals surface area contributed by atoms with E-state index in [2.05, 4.69) is 42.5 Å². The normalized spacial score (nSPS) is 35.2. The lowest BCUT2D eigenvalue weighted by atomic mass is 9.73. The maximum atomic E-state index is 9.52. The molecule has 1 heteroatoms. The summed E-state index contributed by atoms with van der Waals surface area (Å²) in [5.74, 6) is 1.15. The molecule has 16 heavy (non-hydrogen) atoms. The second-order valence-corrected chi connectivity index (χ2v) is 5.12. The molecule has 0 saturated heterocycles. The zero-order valence-corrected chi connectivity index (χ0v) is 9.26. The van der Waals surface area contributed by atoms with Crippen molar-refractivity contribution in [3.8, 4) is 6.07 Å². The van der Waals surface area contributed by atoms with Gasteiger partial charge in [-0.1, -0.05) is 42.5 Å². The van der Waals surface area contributed by atoms with E-state index in [1.807, 2.05) is 6.07 Å². The van der Waals surface area contributed by atoms with Crippen LogP contribution in [0.2, 0.25) is 0 Å². The first-order valence-electron chi connectivity index (χ1n) is 5.96. The Bertz CT molecular complexity index is 454. The molecule has 0 N–H and O–H groups in total. The molecule has 3 atom stereocenters. The van der Waals surface area contributed by atoms with Crippen LogP contribution in [0.1, 0.15) is 18.4 Å². The zero-order chi connectivity index (χ0) is 11.0. The monoisotopic (exact) mass is 209 g/mol. The van der Waals surface area contributed by atoms with Crippen molar-refractivity contribution in [2.75, 3.05) is 0 Å². The van der Waals surface area contributed by atoms with Gasteiger partial charge in [0.05, 0.1) is 11.5 Å². The molecule has 0 unspecified atom stereocenters. The van der Waals surface area contributed by atoms with Crippen molar-refractivity contribution in [2.24, 2.45) is 17.3 Å². The van der Waals surface area contributed by atoms with Gasteiger partial charge in [-0.15, -0.1) is 0 Å². The fraction of sp³-hybridized carbons (Fsp3) is 0.400. The van der Waals surface area contributed by atoms with Crippen LogP contribution in [0.5, 0.6) is 0 Å². The molecule has 3 rings (SSSR count). The lowest BCUT2D eigenvalue weighted by Crippen LogP contribution is -2.26. The minimum atomic E-state index is -0.124. The van der Waals surface area contributed by atoms with Gasteiger partial charge in [0.25, 0.3) is 0 Å². The van der Waals surface area contributed by atoms with Crippen LogP contribution in [-0.4, -0.2) is 0 Å². The molecule has 0 radical (unpaired) electrons. The first-order valence-corrected chi connectivity index (χ1v) is 5.96. The lowest BCUT2D eigenvalue weighted by molar-refractivity contribution is 0.324. The highest BCUT2D eigenvalue weighted by Gasteiger charge is 2.48. The second-order valence-electron chi connectivity index (χ2n) is 5.12. The van der Waals surface area contributed by atoms with Crippen LogP contribution in [0.15, 0.2) is 42.5 Å². The van der Waals surface area contributed by atoms with Crippen molar-refractivity contribution in [2.45, 2.75) is 19.3 Å². The summed E-state index contributed by atoms with van der Waals surface area (Å²) in [7, 11) is 0. The average Bonchev–Trinajstić information content (AvgIpc) is 2.91. The van der Waals surface area contributed by atoms with Gasteiger partial charge >= 0.3 is 0 Å². The number of benzene rings is 1. The van der Waals surface area contributed by atoms with E-state index >= 15 is 0 Å². The third-order valence-electron chi connectivity index (χ3n) is 4.09. The van der Waals surface area contributed by atoms with Crippen molar-refractivity contribution in [3.05, 3.63) is 48.0 Å². The van der Waals surface area contributed by atoms with Gasteiger partial charge in [0.15, 0.2) is 0 Å². The van der Waals surface area contributed by atoms with Crippen molar-refractivity contribution < 1.29 is 0 Å². The molecule has 1 saturated carbocycles. The van der Waals surface area contributed by atoms with Crippen LogP contribution >= 0.6 is 0 Å². The predicted octanol–water partition coefficient (Wildman–Crippen LogP) is 3.34. The van der Waals surface area contributed by atoms with E-state index in [-0.39, 0.29) is 5.41 Å². The van der Waals surface area contributed by atoms with Gasteiger partial charge in [-0.05, 0) is 36.7 Å². The highest BCUT2D eigenvalue weighted by atomic mass is 14.5. The summed E-state index contributed by atoms with van der Waals surface area (Å²) < 4.78 is 0. The molecular formula is C15H15N. The van der Waals surface area contributed by atoms with Crippen molar-refractivity contribution >= 4 is 0 Å². The van der Waals surface area contributed by atoms with Gasteiger partial charge in [0, 0.05) is 0 Å². The SMILES string of the molecule is N#C[C@@]1(Cc2ccccc2)C[C@H]2C=C[C@H]1C2. The Labute approximate surface area is 96.4 Å². The van der Waals surface area contributed by atoms with Crippen LogP contribution in [0.4, 0.5) is 0 Å². The molecule has 0 spiro atoms. The Morgan fingerprint density at radius 1 is 1.25 bits per heavy atom. The fourth-order valence-electron chi connectivity index (χ4n) is 3.29. The van der Waals surface area contributed by atoms with E-state index in [1.54, 1.807) is 0 Å². The predicted molar refractivity (Wildman–Crippen MR) is 63.5 cm³/mol. The molecule has 0 aliphatic heterocycles. The molecule has 0 aromatic heterocycles. The number of fused-ring (bicyclic) bond motifs is 2. The van der Waals surface area contributed by atoms with Crippen LogP contribution in [0, 0.1) is 28.6 Å².